The van der Waals surface area contributed by atoms with Crippen LogP contribution < -0.4 is 21.3 Å². The molecule has 0 radical (unpaired) electrons. The number of allylic oxidation sites excluding steroid dienone is 1. The summed E-state index contributed by atoms with van der Waals surface area (Å²) in [7, 11) is 1.55. The van der Waals surface area contributed by atoms with E-state index in [4.69, 9.17) is 4.42 Å². The third kappa shape index (κ3) is 3.69. The van der Waals surface area contributed by atoms with E-state index in [0.29, 0.717) is 16.5 Å². The van der Waals surface area contributed by atoms with Gasteiger partial charge in [-0.2, -0.15) is 9.51 Å². The van der Waals surface area contributed by atoms with Gasteiger partial charge in [0, 0.05) is 24.0 Å². The van der Waals surface area contributed by atoms with Gasteiger partial charge >= 0.3 is 5.76 Å². The minimum Gasteiger partial charge on any atom is -0.388 e. The van der Waals surface area contributed by atoms with Crippen LogP contribution in [0, 0.1) is 6.92 Å². The van der Waals surface area contributed by atoms with Crippen molar-refractivity contribution in [1.29, 1.82) is 0 Å². The number of hydrogen-bond acceptors (Lipinski definition) is 7. The molecule has 1 aromatic heterocycles. The molecule has 0 unspecified atom stereocenters. The van der Waals surface area contributed by atoms with E-state index in [-0.39, 0.29) is 5.91 Å². The first-order chi connectivity index (χ1) is 13.9. The Morgan fingerprint density at radius 3 is 2.48 bits per heavy atom. The highest BCUT2D eigenvalue weighted by atomic mass is 32.2. The van der Waals surface area contributed by atoms with Crippen LogP contribution in [0.3, 0.4) is 0 Å². The Labute approximate surface area is 171 Å². The van der Waals surface area contributed by atoms with Crippen molar-refractivity contribution in [3.05, 3.63) is 69.2 Å². The number of benzene rings is 2. The summed E-state index contributed by atoms with van der Waals surface area (Å²) in [5.74, 6) is -0.372. The number of amides is 1. The van der Waals surface area contributed by atoms with Crippen molar-refractivity contribution in [2.75, 3.05) is 5.32 Å². The standard InChI is InChI=1S/C20H19N5O3S/c1-11-15(5-4-6-16(11)19-23-25(3)20(27)28-19)13-7-9-14(10-8-13)21-18(26)17-12(2)22-24-29-17/h4-10,22,24H,1-3H3,(H,21,26). The van der Waals surface area contributed by atoms with Gasteiger partial charge in [-0.3, -0.25) is 4.79 Å². The van der Waals surface area contributed by atoms with Gasteiger partial charge in [-0.1, -0.05) is 24.3 Å². The minimum atomic E-state index is -0.499. The molecule has 1 aliphatic heterocycles. The van der Waals surface area contributed by atoms with Gasteiger partial charge in [-0.05, 0) is 60.7 Å². The molecule has 29 heavy (non-hydrogen) atoms. The summed E-state index contributed by atoms with van der Waals surface area (Å²) in [5.41, 5.74) is 8.08. The number of hydrogen-bond donors (Lipinski definition) is 3. The van der Waals surface area contributed by atoms with Crippen LogP contribution in [0.2, 0.25) is 0 Å². The summed E-state index contributed by atoms with van der Waals surface area (Å²) in [6, 6.07) is 13.4. The average molecular weight is 409 g/mol. The summed E-state index contributed by atoms with van der Waals surface area (Å²) in [5, 5.41) is 7.03. The van der Waals surface area contributed by atoms with Crippen LogP contribution in [0.5, 0.6) is 0 Å². The molecule has 1 amide bonds. The monoisotopic (exact) mass is 409 g/mol. The van der Waals surface area contributed by atoms with Crippen LogP contribution in [-0.4, -0.2) is 15.7 Å². The predicted molar refractivity (Wildman–Crippen MR) is 113 cm³/mol. The van der Waals surface area contributed by atoms with Crippen molar-refractivity contribution in [2.45, 2.75) is 13.8 Å². The van der Waals surface area contributed by atoms with Crippen molar-refractivity contribution in [3.8, 4) is 22.6 Å². The zero-order chi connectivity index (χ0) is 20.5. The fraction of sp³-hybridized carbons (Fsp3) is 0.150. The molecule has 0 aliphatic carbocycles. The first-order valence-electron chi connectivity index (χ1n) is 8.88. The van der Waals surface area contributed by atoms with Gasteiger partial charge in [0.05, 0.1) is 0 Å². The second-order valence-electron chi connectivity index (χ2n) is 6.59. The van der Waals surface area contributed by atoms with Crippen molar-refractivity contribution in [2.24, 2.45) is 7.05 Å². The van der Waals surface area contributed by atoms with Crippen LogP contribution in [0.15, 0.2) is 62.3 Å². The molecule has 1 aliphatic rings. The van der Waals surface area contributed by atoms with Gasteiger partial charge in [-0.15, -0.1) is 5.10 Å². The maximum Gasteiger partial charge on any atom is 0.437 e. The number of anilines is 1. The summed E-state index contributed by atoms with van der Waals surface area (Å²) in [4.78, 5) is 27.4. The Morgan fingerprint density at radius 2 is 1.86 bits per heavy atom. The number of carbonyl (C=O) groups excluding carboxylic acids is 1. The molecule has 2 heterocycles. The highest BCUT2D eigenvalue weighted by Gasteiger charge is 2.19. The normalized spacial score (nSPS) is 13.5. The lowest BCUT2D eigenvalue weighted by Crippen LogP contribution is -2.16. The van der Waals surface area contributed by atoms with Crippen LogP contribution >= 0.6 is 11.9 Å². The third-order valence-corrected chi connectivity index (χ3v) is 5.55. The Balaban J connectivity index is 1.59. The average Bonchev–Trinajstić information content (AvgIpc) is 3.28. The first-order valence-corrected chi connectivity index (χ1v) is 9.70. The van der Waals surface area contributed by atoms with Gasteiger partial charge in [0.1, 0.15) is 4.91 Å². The smallest absolute Gasteiger partial charge is 0.388 e. The minimum absolute atomic E-state index is 0.166. The molecule has 2 aromatic carbocycles. The van der Waals surface area contributed by atoms with Crippen molar-refractivity contribution < 1.29 is 9.21 Å². The maximum absolute atomic E-state index is 12.4. The zero-order valence-corrected chi connectivity index (χ0v) is 16.9. The van der Waals surface area contributed by atoms with E-state index >= 15 is 0 Å². The second kappa shape index (κ2) is 7.61. The Kier molecular flexibility index (Phi) is 4.99. The van der Waals surface area contributed by atoms with Crippen LogP contribution in [0.1, 0.15) is 12.5 Å². The lowest BCUT2D eigenvalue weighted by Gasteiger charge is -2.11. The lowest BCUT2D eigenvalue weighted by molar-refractivity contribution is -0.112. The Morgan fingerprint density at radius 1 is 1.14 bits per heavy atom. The molecule has 4 rings (SSSR count). The summed E-state index contributed by atoms with van der Waals surface area (Å²) >= 11 is 1.25. The molecule has 9 heteroatoms. The largest absolute Gasteiger partial charge is 0.437 e. The zero-order valence-electron chi connectivity index (χ0n) is 16.1. The molecule has 0 saturated carbocycles. The van der Waals surface area contributed by atoms with Gasteiger partial charge in [0.2, 0.25) is 5.89 Å². The lowest BCUT2D eigenvalue weighted by atomic mass is 9.96. The Hall–Kier alpha value is -3.30. The van der Waals surface area contributed by atoms with E-state index in [2.05, 4.69) is 20.7 Å². The Bertz CT molecular complexity index is 1180. The van der Waals surface area contributed by atoms with E-state index < -0.39 is 5.76 Å². The van der Waals surface area contributed by atoms with Crippen LogP contribution in [0.25, 0.3) is 22.6 Å². The van der Waals surface area contributed by atoms with Gasteiger partial charge in [0.15, 0.2) is 0 Å². The number of nitrogens with zero attached hydrogens (tertiary/aromatic N) is 2. The van der Waals surface area contributed by atoms with Crippen molar-refractivity contribution in [3.63, 3.8) is 0 Å². The molecular formula is C20H19N5O3S. The number of carbonyl (C=O) groups is 1. The van der Waals surface area contributed by atoms with Crippen LogP contribution in [-0.2, 0) is 11.8 Å². The molecule has 8 nitrogen and oxygen atoms in total. The van der Waals surface area contributed by atoms with Crippen molar-refractivity contribution in [1.82, 2.24) is 20.0 Å². The number of nitrogens with one attached hydrogen (secondary N) is 3. The molecule has 3 N–H and O–H groups in total. The number of hydrazine groups is 1. The number of rotatable bonds is 4. The van der Waals surface area contributed by atoms with E-state index in [1.807, 2.05) is 56.3 Å². The molecule has 0 fully saturated rings. The third-order valence-electron chi connectivity index (χ3n) is 4.65. The molecule has 0 saturated heterocycles. The summed E-state index contributed by atoms with van der Waals surface area (Å²) < 4.78 is 6.39. The maximum atomic E-state index is 12.4. The van der Waals surface area contributed by atoms with Crippen LogP contribution in [0.4, 0.5) is 5.69 Å². The highest BCUT2D eigenvalue weighted by Crippen LogP contribution is 2.31. The number of aryl methyl sites for hydroxylation is 1. The van der Waals surface area contributed by atoms with Gasteiger partial charge in [0.25, 0.3) is 5.91 Å². The van der Waals surface area contributed by atoms with E-state index in [0.717, 1.165) is 28.0 Å². The van der Waals surface area contributed by atoms with Gasteiger partial charge in [-0.25, -0.2) is 4.79 Å². The predicted octanol–water partition coefficient (Wildman–Crippen LogP) is 2.94. The molecular weight excluding hydrogens is 390 g/mol. The van der Waals surface area contributed by atoms with E-state index in [9.17, 15) is 9.59 Å². The highest BCUT2D eigenvalue weighted by molar-refractivity contribution is 8.02. The second-order valence-corrected chi connectivity index (χ2v) is 7.41. The van der Waals surface area contributed by atoms with E-state index in [1.54, 1.807) is 7.05 Å². The fourth-order valence-corrected chi connectivity index (χ4v) is 3.71. The molecule has 0 atom stereocenters. The SMILES string of the molecule is CC1=C(C(=O)Nc2ccc(-c3cccc(-c4nn(C)c(=O)o4)c3C)cc2)SNN1. The summed E-state index contributed by atoms with van der Waals surface area (Å²) in [6.45, 7) is 3.80. The molecule has 0 bridgehead atoms. The fourth-order valence-electron chi connectivity index (χ4n) is 3.06. The summed E-state index contributed by atoms with van der Waals surface area (Å²) in [6.07, 6.45) is 0. The number of aromatic nitrogens is 2. The molecule has 3 aromatic rings. The van der Waals surface area contributed by atoms with Gasteiger partial charge < -0.3 is 15.2 Å². The quantitative estimate of drug-likeness (QED) is 0.570. The van der Waals surface area contributed by atoms with Crippen molar-refractivity contribution >= 4 is 23.5 Å². The first kappa shape index (κ1) is 19.0. The molecule has 0 spiro atoms. The van der Waals surface area contributed by atoms with E-state index in [1.165, 1.54) is 16.6 Å². The molecule has 148 valence electrons. The topological polar surface area (TPSA) is 101 Å².